The molecule has 3 amide bonds. The number of benzene rings is 2. The maximum Gasteiger partial charge on any atom is 0.325 e. The smallest absolute Gasteiger partial charge is 0.325 e. The zero-order chi connectivity index (χ0) is 18.2. The highest BCUT2D eigenvalue weighted by Gasteiger charge is 2.49. The summed E-state index contributed by atoms with van der Waals surface area (Å²) < 4.78 is 5.20. The van der Waals surface area contributed by atoms with Gasteiger partial charge in [-0.15, -0.1) is 0 Å². The summed E-state index contributed by atoms with van der Waals surface area (Å²) in [6.45, 7) is 1.67. The Bertz CT molecular complexity index is 836. The Kier molecular flexibility index (Phi) is 4.62. The molecule has 1 aliphatic heterocycles. The van der Waals surface area contributed by atoms with Crippen molar-refractivity contribution in [1.29, 1.82) is 0 Å². The second-order valence-corrected chi connectivity index (χ2v) is 6.69. The Morgan fingerprint density at radius 2 is 1.76 bits per heavy atom. The number of methoxy groups -OCH3 is 1. The van der Waals surface area contributed by atoms with Crippen LogP contribution in [0.1, 0.15) is 18.1 Å². The van der Waals surface area contributed by atoms with Gasteiger partial charge in [0.05, 0.1) is 13.7 Å². The molecule has 0 radical (unpaired) electrons. The molecule has 2 aromatic rings. The molecule has 0 aliphatic carbocycles. The minimum absolute atomic E-state index is 0.00271. The monoisotopic (exact) mass is 378 g/mol. The SMILES string of the molecule is COc1cccc([C@]2(C)NC(=O)N(Cc3c(Cl)cccc3Cl)C2=O)c1. The molecule has 0 saturated carbocycles. The fraction of sp³-hybridized carbons (Fsp3) is 0.222. The van der Waals surface area contributed by atoms with Crippen molar-refractivity contribution in [3.05, 3.63) is 63.6 Å². The predicted octanol–water partition coefficient (Wildman–Crippen LogP) is 3.97. The van der Waals surface area contributed by atoms with Crippen molar-refractivity contribution < 1.29 is 14.3 Å². The van der Waals surface area contributed by atoms with Crippen molar-refractivity contribution in [3.8, 4) is 5.75 Å². The van der Waals surface area contributed by atoms with Crippen LogP contribution in [0.5, 0.6) is 5.75 Å². The largest absolute Gasteiger partial charge is 0.497 e. The zero-order valence-electron chi connectivity index (χ0n) is 13.7. The fourth-order valence-corrected chi connectivity index (χ4v) is 3.33. The summed E-state index contributed by atoms with van der Waals surface area (Å²) in [6, 6.07) is 11.6. The molecule has 1 fully saturated rings. The highest BCUT2D eigenvalue weighted by Crippen LogP contribution is 2.33. The van der Waals surface area contributed by atoms with Gasteiger partial charge in [-0.2, -0.15) is 0 Å². The van der Waals surface area contributed by atoms with Gasteiger partial charge in [0.25, 0.3) is 5.91 Å². The average Bonchev–Trinajstić information content (AvgIpc) is 2.82. The van der Waals surface area contributed by atoms with E-state index in [2.05, 4.69) is 5.32 Å². The van der Waals surface area contributed by atoms with Gasteiger partial charge in [0.2, 0.25) is 0 Å². The first-order chi connectivity index (χ1) is 11.9. The number of halogens is 2. The maximum absolute atomic E-state index is 13.0. The molecule has 25 heavy (non-hydrogen) atoms. The Balaban J connectivity index is 1.94. The first kappa shape index (κ1) is 17.6. The lowest BCUT2D eigenvalue weighted by Crippen LogP contribution is -2.40. The van der Waals surface area contributed by atoms with Gasteiger partial charge in [-0.3, -0.25) is 9.69 Å². The van der Waals surface area contributed by atoms with E-state index in [0.717, 1.165) is 4.90 Å². The molecule has 1 aliphatic rings. The van der Waals surface area contributed by atoms with Gasteiger partial charge < -0.3 is 10.1 Å². The number of amides is 3. The molecule has 1 saturated heterocycles. The number of rotatable bonds is 4. The summed E-state index contributed by atoms with van der Waals surface area (Å²) >= 11 is 12.3. The molecule has 1 N–H and O–H groups in total. The molecule has 5 nitrogen and oxygen atoms in total. The Hall–Kier alpha value is -2.24. The van der Waals surface area contributed by atoms with Gasteiger partial charge in [-0.1, -0.05) is 41.4 Å². The third-order valence-electron chi connectivity index (χ3n) is 4.30. The molecule has 0 bridgehead atoms. The topological polar surface area (TPSA) is 58.6 Å². The molecular formula is C18H16Cl2N2O3. The van der Waals surface area contributed by atoms with Crippen LogP contribution in [-0.4, -0.2) is 23.9 Å². The number of hydrogen-bond donors (Lipinski definition) is 1. The maximum atomic E-state index is 13.0. The van der Waals surface area contributed by atoms with E-state index in [4.69, 9.17) is 27.9 Å². The van der Waals surface area contributed by atoms with Gasteiger partial charge in [-0.25, -0.2) is 4.79 Å². The zero-order valence-corrected chi connectivity index (χ0v) is 15.2. The van der Waals surface area contributed by atoms with Crippen molar-refractivity contribution in [2.24, 2.45) is 0 Å². The number of imide groups is 1. The molecule has 130 valence electrons. The van der Waals surface area contributed by atoms with E-state index >= 15 is 0 Å². The molecule has 0 aromatic heterocycles. The summed E-state index contributed by atoms with van der Waals surface area (Å²) in [5.41, 5.74) is -0.0125. The lowest BCUT2D eigenvalue weighted by atomic mass is 9.92. The Labute approximate surface area is 155 Å². The highest BCUT2D eigenvalue weighted by atomic mass is 35.5. The highest BCUT2D eigenvalue weighted by molar-refractivity contribution is 6.36. The quantitative estimate of drug-likeness (QED) is 0.818. The summed E-state index contributed by atoms with van der Waals surface area (Å²) in [5, 5.41) is 3.56. The van der Waals surface area contributed by atoms with E-state index < -0.39 is 11.6 Å². The summed E-state index contributed by atoms with van der Waals surface area (Å²) in [7, 11) is 1.54. The van der Waals surface area contributed by atoms with Gasteiger partial charge in [0.1, 0.15) is 11.3 Å². The van der Waals surface area contributed by atoms with E-state index in [1.807, 2.05) is 0 Å². The standard InChI is InChI=1S/C18H16Cl2N2O3/c1-18(11-5-3-6-12(9-11)25-2)16(23)22(17(24)21-18)10-13-14(19)7-4-8-15(13)20/h3-9H,10H2,1-2H3,(H,21,24)/t18-/m0/s1. The molecule has 0 spiro atoms. The van der Waals surface area contributed by atoms with Crippen LogP contribution in [0.3, 0.4) is 0 Å². The van der Waals surface area contributed by atoms with Crippen molar-refractivity contribution in [3.63, 3.8) is 0 Å². The van der Waals surface area contributed by atoms with E-state index in [1.54, 1.807) is 56.5 Å². The molecular weight excluding hydrogens is 363 g/mol. The van der Waals surface area contributed by atoms with Gasteiger partial charge in [-0.05, 0) is 36.8 Å². The van der Waals surface area contributed by atoms with Gasteiger partial charge >= 0.3 is 6.03 Å². The van der Waals surface area contributed by atoms with E-state index in [9.17, 15) is 9.59 Å². The number of carbonyl (C=O) groups excluding carboxylic acids is 2. The molecule has 1 heterocycles. The third-order valence-corrected chi connectivity index (χ3v) is 5.01. The van der Waals surface area contributed by atoms with Crippen molar-refractivity contribution in [2.75, 3.05) is 7.11 Å². The van der Waals surface area contributed by atoms with E-state index in [-0.39, 0.29) is 12.5 Å². The minimum Gasteiger partial charge on any atom is -0.497 e. The lowest BCUT2D eigenvalue weighted by Gasteiger charge is -2.23. The second-order valence-electron chi connectivity index (χ2n) is 5.88. The molecule has 2 aromatic carbocycles. The number of urea groups is 1. The van der Waals surface area contributed by atoms with Crippen LogP contribution in [-0.2, 0) is 16.9 Å². The van der Waals surface area contributed by atoms with Crippen LogP contribution in [0, 0.1) is 0 Å². The summed E-state index contributed by atoms with van der Waals surface area (Å²) in [5.74, 6) is 0.232. The van der Waals surface area contributed by atoms with E-state index in [0.29, 0.717) is 26.9 Å². The van der Waals surface area contributed by atoms with Crippen LogP contribution in [0.25, 0.3) is 0 Å². The minimum atomic E-state index is -1.18. The number of carbonyl (C=O) groups is 2. The first-order valence-corrected chi connectivity index (χ1v) is 8.34. The normalized spacial score (nSPS) is 19.9. The van der Waals surface area contributed by atoms with Crippen molar-refractivity contribution in [1.82, 2.24) is 10.2 Å². The molecule has 1 atom stereocenters. The number of nitrogens with one attached hydrogen (secondary N) is 1. The number of ether oxygens (including phenoxy) is 1. The summed E-state index contributed by atoms with van der Waals surface area (Å²) in [4.78, 5) is 26.5. The second kappa shape index (κ2) is 6.58. The predicted molar refractivity (Wildman–Crippen MR) is 95.9 cm³/mol. The van der Waals surface area contributed by atoms with Gasteiger partial charge in [0.15, 0.2) is 0 Å². The molecule has 0 unspecified atom stereocenters. The van der Waals surface area contributed by atoms with Crippen LogP contribution >= 0.6 is 23.2 Å². The Morgan fingerprint density at radius 1 is 1.12 bits per heavy atom. The van der Waals surface area contributed by atoms with Crippen LogP contribution < -0.4 is 10.1 Å². The first-order valence-electron chi connectivity index (χ1n) is 7.58. The van der Waals surface area contributed by atoms with Crippen molar-refractivity contribution >= 4 is 35.1 Å². The molecule has 3 rings (SSSR count). The fourth-order valence-electron chi connectivity index (χ4n) is 2.81. The number of hydrogen-bond acceptors (Lipinski definition) is 3. The summed E-state index contributed by atoms with van der Waals surface area (Å²) in [6.07, 6.45) is 0. The van der Waals surface area contributed by atoms with Crippen molar-refractivity contribution in [2.45, 2.75) is 19.0 Å². The third kappa shape index (κ3) is 3.05. The lowest BCUT2D eigenvalue weighted by molar-refractivity contribution is -0.131. The molecule has 7 heteroatoms. The van der Waals surface area contributed by atoms with Crippen LogP contribution in [0.15, 0.2) is 42.5 Å². The average molecular weight is 379 g/mol. The number of nitrogens with zero attached hydrogens (tertiary/aromatic N) is 1. The van der Waals surface area contributed by atoms with Crippen LogP contribution in [0.4, 0.5) is 4.79 Å². The Morgan fingerprint density at radius 3 is 2.40 bits per heavy atom. The van der Waals surface area contributed by atoms with E-state index in [1.165, 1.54) is 0 Å². The van der Waals surface area contributed by atoms with Gasteiger partial charge in [0, 0.05) is 15.6 Å². The van der Waals surface area contributed by atoms with Crippen LogP contribution in [0.2, 0.25) is 10.0 Å².